The summed E-state index contributed by atoms with van der Waals surface area (Å²) in [6.07, 6.45) is 0.475. The van der Waals surface area contributed by atoms with Gasteiger partial charge in [0.05, 0.1) is 24.9 Å². The van der Waals surface area contributed by atoms with Crippen molar-refractivity contribution in [2.45, 2.75) is 82.8 Å². The molecule has 10 nitrogen and oxygen atoms in total. The summed E-state index contributed by atoms with van der Waals surface area (Å²) < 4.78 is 13.2. The maximum atomic E-state index is 12.5. The minimum Gasteiger partial charge on any atom is -0.392 e. The first-order valence-corrected chi connectivity index (χ1v) is 17.6. The van der Waals surface area contributed by atoms with Gasteiger partial charge in [0, 0.05) is 44.0 Å². The summed E-state index contributed by atoms with van der Waals surface area (Å²) in [5.74, 6) is -0.552. The number of nitrogens with one attached hydrogen (secondary N) is 2. The monoisotopic (exact) mass is 695 g/mol. The number of aliphatic hydroxyl groups excluding tert-OH is 2. The smallest absolute Gasteiger partial charge is 0.243 e. The number of hydrogen-bond donors (Lipinski definition) is 5. The molecule has 1 aliphatic rings. The van der Waals surface area contributed by atoms with Crippen LogP contribution in [0.25, 0.3) is 11.1 Å². The van der Waals surface area contributed by atoms with E-state index in [2.05, 4.69) is 10.2 Å². The minimum atomic E-state index is -0.649. The number of hydroxylamine groups is 1. The van der Waals surface area contributed by atoms with Crippen molar-refractivity contribution in [1.29, 1.82) is 0 Å². The maximum Gasteiger partial charge on any atom is 0.243 e. The van der Waals surface area contributed by atoms with Gasteiger partial charge in [0.1, 0.15) is 0 Å². The molecule has 0 aliphatic carbocycles. The largest absolute Gasteiger partial charge is 0.392 e. The predicted octanol–water partition coefficient (Wildman–Crippen LogP) is 6.13. The highest BCUT2D eigenvalue weighted by Crippen LogP contribution is 2.39. The van der Waals surface area contributed by atoms with Crippen molar-refractivity contribution >= 4 is 11.8 Å². The third kappa shape index (κ3) is 10.6. The summed E-state index contributed by atoms with van der Waals surface area (Å²) in [6, 6.07) is 33.4. The molecule has 2 amide bonds. The Morgan fingerprint density at radius 3 is 2.18 bits per heavy atom. The van der Waals surface area contributed by atoms with Crippen molar-refractivity contribution in [3.05, 3.63) is 131 Å². The number of aliphatic hydroxyl groups is 2. The van der Waals surface area contributed by atoms with E-state index in [0.717, 1.165) is 38.9 Å². The number of carbonyl (C=O) groups is 2. The molecule has 1 heterocycles. The summed E-state index contributed by atoms with van der Waals surface area (Å²) in [5, 5.41) is 32.3. The molecule has 4 aromatic rings. The van der Waals surface area contributed by atoms with Gasteiger partial charge in [0.2, 0.25) is 11.8 Å². The number of hydrogen-bond acceptors (Lipinski definition) is 8. The van der Waals surface area contributed by atoms with Crippen LogP contribution in [-0.2, 0) is 32.2 Å². The van der Waals surface area contributed by atoms with E-state index in [1.165, 1.54) is 0 Å². The van der Waals surface area contributed by atoms with E-state index < -0.39 is 18.3 Å². The fraction of sp³-hybridized carbons (Fsp3) is 0.366. The third-order valence-electron chi connectivity index (χ3n) is 9.57. The van der Waals surface area contributed by atoms with E-state index in [1.54, 1.807) is 5.48 Å². The van der Waals surface area contributed by atoms with Gasteiger partial charge in [-0.2, -0.15) is 0 Å². The molecule has 0 radical (unpaired) electrons. The Labute approximate surface area is 300 Å². The number of ether oxygens (including phenoxy) is 2. The lowest BCUT2D eigenvalue weighted by molar-refractivity contribution is -0.253. The van der Waals surface area contributed by atoms with Crippen LogP contribution in [0.2, 0.25) is 0 Å². The molecular formula is C41H49N3O7. The molecule has 0 saturated carbocycles. The molecule has 1 aliphatic heterocycles. The number of benzene rings is 4. The molecular weight excluding hydrogens is 646 g/mol. The van der Waals surface area contributed by atoms with Crippen molar-refractivity contribution in [3.8, 4) is 11.1 Å². The summed E-state index contributed by atoms with van der Waals surface area (Å²) in [5.41, 5.74) is 8.17. The summed E-state index contributed by atoms with van der Waals surface area (Å²) in [7, 11) is 2.00. The molecule has 51 heavy (non-hydrogen) atoms. The average Bonchev–Trinajstić information content (AvgIpc) is 3.18. The average molecular weight is 696 g/mol. The molecule has 0 unspecified atom stereocenters. The first-order valence-electron chi connectivity index (χ1n) is 17.6. The van der Waals surface area contributed by atoms with Gasteiger partial charge in [-0.15, -0.1) is 0 Å². The Hall–Kier alpha value is -4.42. The third-order valence-corrected chi connectivity index (χ3v) is 9.57. The number of rotatable bonds is 16. The topological polar surface area (TPSA) is 141 Å². The Morgan fingerprint density at radius 2 is 1.49 bits per heavy atom. The molecule has 5 rings (SSSR count). The zero-order valence-electron chi connectivity index (χ0n) is 29.3. The van der Waals surface area contributed by atoms with Crippen LogP contribution in [0.15, 0.2) is 103 Å². The standard InChI is InChI=1S/C41H49N3O7/c1-28(40(48)32-10-4-3-5-11-32)44(2)26-35-24-37(31-18-16-29(27-45)17-19-31)51-41(50-35)33-22-20-30(21-23-33)36-13-7-6-12-34(36)25-42-38(46)14-8-9-15-39(47)43-49/h3-7,10-13,16-23,28,35,37,40-41,45,48-49H,8-9,14-15,24-27H2,1-2H3,(H,42,46)(H,43,47)/t28-,35-,37+,40-,41+/m1/s1. The Kier molecular flexibility index (Phi) is 13.9. The van der Waals surface area contributed by atoms with E-state index >= 15 is 0 Å². The Morgan fingerprint density at radius 1 is 0.843 bits per heavy atom. The summed E-state index contributed by atoms with van der Waals surface area (Å²) in [6.45, 7) is 2.95. The molecule has 5 atom stereocenters. The lowest BCUT2D eigenvalue weighted by Crippen LogP contribution is -2.43. The normalized spacial score (nSPS) is 18.6. The number of unbranched alkanes of at least 4 members (excludes halogenated alkanes) is 1. The van der Waals surface area contributed by atoms with Gasteiger partial charge in [0.25, 0.3) is 0 Å². The van der Waals surface area contributed by atoms with Crippen LogP contribution in [0, 0.1) is 0 Å². The Balaban J connectivity index is 1.27. The van der Waals surface area contributed by atoms with Crippen molar-refractivity contribution in [3.63, 3.8) is 0 Å². The van der Waals surface area contributed by atoms with Gasteiger partial charge in [-0.25, -0.2) is 5.48 Å². The Bertz CT molecular complexity index is 1680. The van der Waals surface area contributed by atoms with Crippen LogP contribution in [0.4, 0.5) is 0 Å². The van der Waals surface area contributed by atoms with Crippen molar-refractivity contribution < 1.29 is 34.5 Å². The van der Waals surface area contributed by atoms with Gasteiger partial charge < -0.3 is 25.0 Å². The number of carbonyl (C=O) groups excluding carboxylic acids is 2. The summed E-state index contributed by atoms with van der Waals surface area (Å²) >= 11 is 0. The number of nitrogens with zero attached hydrogens (tertiary/aromatic N) is 1. The van der Waals surface area contributed by atoms with Gasteiger partial charge in [-0.05, 0) is 60.2 Å². The van der Waals surface area contributed by atoms with Crippen molar-refractivity contribution in [1.82, 2.24) is 15.7 Å². The fourth-order valence-corrected chi connectivity index (χ4v) is 6.38. The second kappa shape index (κ2) is 18.7. The van der Waals surface area contributed by atoms with Crippen molar-refractivity contribution in [2.24, 2.45) is 0 Å². The number of amides is 2. The molecule has 0 bridgehead atoms. The lowest BCUT2D eigenvalue weighted by atomic mass is 9.97. The first kappa shape index (κ1) is 37.8. The van der Waals surface area contributed by atoms with E-state index in [1.807, 2.05) is 117 Å². The van der Waals surface area contributed by atoms with E-state index in [-0.39, 0.29) is 37.2 Å². The molecule has 4 aromatic carbocycles. The maximum absolute atomic E-state index is 12.5. The second-order valence-corrected chi connectivity index (χ2v) is 13.2. The van der Waals surface area contributed by atoms with Crippen LogP contribution >= 0.6 is 0 Å². The summed E-state index contributed by atoms with van der Waals surface area (Å²) in [4.78, 5) is 25.8. The van der Waals surface area contributed by atoms with E-state index in [0.29, 0.717) is 38.8 Å². The molecule has 0 spiro atoms. The van der Waals surface area contributed by atoms with E-state index in [9.17, 15) is 19.8 Å². The van der Waals surface area contributed by atoms with Crippen LogP contribution in [0.5, 0.6) is 0 Å². The molecule has 1 fully saturated rings. The molecule has 0 aromatic heterocycles. The molecule has 270 valence electrons. The van der Waals surface area contributed by atoms with Crippen LogP contribution in [-0.4, -0.2) is 57.9 Å². The van der Waals surface area contributed by atoms with Crippen LogP contribution < -0.4 is 10.8 Å². The van der Waals surface area contributed by atoms with E-state index in [4.69, 9.17) is 14.7 Å². The molecule has 5 N–H and O–H groups in total. The highest BCUT2D eigenvalue weighted by molar-refractivity contribution is 5.77. The van der Waals surface area contributed by atoms with Gasteiger partial charge >= 0.3 is 0 Å². The lowest BCUT2D eigenvalue weighted by Gasteiger charge is -2.39. The quantitative estimate of drug-likeness (QED) is 0.0536. The van der Waals surface area contributed by atoms with Gasteiger partial charge in [-0.1, -0.05) is 103 Å². The van der Waals surface area contributed by atoms with Crippen molar-refractivity contribution in [2.75, 3.05) is 13.6 Å². The highest BCUT2D eigenvalue weighted by atomic mass is 16.7. The van der Waals surface area contributed by atoms with Crippen LogP contribution in [0.1, 0.15) is 85.3 Å². The molecule has 10 heteroatoms. The van der Waals surface area contributed by atoms with Crippen LogP contribution in [0.3, 0.4) is 0 Å². The minimum absolute atomic E-state index is 0.0260. The second-order valence-electron chi connectivity index (χ2n) is 13.2. The molecule has 1 saturated heterocycles. The van der Waals surface area contributed by atoms with Gasteiger partial charge in [0.15, 0.2) is 6.29 Å². The first-order chi connectivity index (χ1) is 24.7. The SMILES string of the molecule is C[C@H]([C@@H](O)c1ccccc1)N(C)C[C@H]1C[C@@H](c2ccc(CO)cc2)O[C@@H](c2ccc(-c3ccccc3CNC(=O)CCCCC(=O)NO)cc2)O1. The van der Waals surface area contributed by atoms with Gasteiger partial charge in [-0.3, -0.25) is 19.7 Å². The zero-order valence-corrected chi connectivity index (χ0v) is 29.3. The number of likely N-dealkylation sites (N-methyl/N-ethyl adjacent to an activating group) is 1. The zero-order chi connectivity index (χ0) is 36.2. The highest BCUT2D eigenvalue weighted by Gasteiger charge is 2.34. The fourth-order valence-electron chi connectivity index (χ4n) is 6.38. The predicted molar refractivity (Wildman–Crippen MR) is 194 cm³/mol.